The Morgan fingerprint density at radius 3 is 2.25 bits per heavy atom. The summed E-state index contributed by atoms with van der Waals surface area (Å²) in [5.74, 6) is 7.62. The van der Waals surface area contributed by atoms with E-state index < -0.39 is 5.60 Å². The Hall–Kier alpha value is -2.45. The molecule has 0 radical (unpaired) electrons. The number of terminal acetylenes is 1. The van der Waals surface area contributed by atoms with Gasteiger partial charge in [-0.3, -0.25) is 14.4 Å². The van der Waals surface area contributed by atoms with E-state index in [9.17, 15) is 19.5 Å². The second-order valence-corrected chi connectivity index (χ2v) is 20.8. The highest BCUT2D eigenvalue weighted by Crippen LogP contribution is 2.68. The number of aliphatic hydroxyl groups is 1. The van der Waals surface area contributed by atoms with E-state index in [2.05, 4.69) is 40.2 Å². The summed E-state index contributed by atoms with van der Waals surface area (Å²) in [6.45, 7) is 13.8. The average molecular weight is 781 g/mol. The van der Waals surface area contributed by atoms with Gasteiger partial charge in [-0.1, -0.05) is 102 Å². The van der Waals surface area contributed by atoms with Crippen LogP contribution in [0.3, 0.4) is 0 Å². The predicted molar refractivity (Wildman–Crippen MR) is 229 cm³/mol. The van der Waals surface area contributed by atoms with Crippen LogP contribution < -0.4 is 0 Å². The normalized spacial score (nSPS) is 41.7. The molecule has 12 atom stereocenters. The number of ketones is 2. The maximum atomic E-state index is 12.7. The maximum absolute atomic E-state index is 12.7. The molecule has 8 rings (SSSR count). The first-order chi connectivity index (χ1) is 27.3. The first-order valence-electron chi connectivity index (χ1n) is 23.9. The summed E-state index contributed by atoms with van der Waals surface area (Å²) in [7, 11) is 0. The maximum Gasteiger partial charge on any atom is 0.306 e. The van der Waals surface area contributed by atoms with Crippen LogP contribution in [0.15, 0.2) is 35.5 Å². The van der Waals surface area contributed by atoms with Gasteiger partial charge in [0.05, 0.1) is 0 Å². The molecule has 8 aliphatic carbocycles. The average Bonchev–Trinajstić information content (AvgIpc) is 3.69. The standard InChI is InChI=1S/C30H48O3.C22H28O2/c1-4-5-6-7-8-9-10-11-12-28(32)33-27-16-15-25-24-14-13-22-21-23(31)17-19-29(22,2)26(24)18-20-30(25,27)3;1-4-21-13-14(3)20-17-9-7-16(23)12-15(17)6-8-18(20)19(21)10-11-22(21,24)5-2/h21,24-27H,4-20H2,1-3H3;2,12,17-20,24H,3-4,6-11,13H2,1H3/t24-,25-,26-,27-,29-,30-;17-,18-,19-,20+,21-,22-/m00/s1. The number of unbranched alkanes of at least 4 members (excludes halogenated alkanes) is 7. The molecule has 0 amide bonds. The smallest absolute Gasteiger partial charge is 0.306 e. The second kappa shape index (κ2) is 17.3. The minimum absolute atomic E-state index is 0.0431. The van der Waals surface area contributed by atoms with Gasteiger partial charge in [0.2, 0.25) is 0 Å². The summed E-state index contributed by atoms with van der Waals surface area (Å²) in [5, 5.41) is 11.2. The fraction of sp³-hybridized carbons (Fsp3) is 0.788. The summed E-state index contributed by atoms with van der Waals surface area (Å²) in [6.07, 6.45) is 36.6. The van der Waals surface area contributed by atoms with E-state index in [-0.39, 0.29) is 28.3 Å². The molecule has 0 aliphatic heterocycles. The summed E-state index contributed by atoms with van der Waals surface area (Å²) < 4.78 is 6.17. The monoisotopic (exact) mass is 781 g/mol. The van der Waals surface area contributed by atoms with Crippen molar-refractivity contribution in [2.45, 2.75) is 200 Å². The minimum Gasteiger partial charge on any atom is -0.462 e. The number of allylic oxidation sites excluding steroid dienone is 3. The number of carbonyl (C=O) groups is 3. The van der Waals surface area contributed by atoms with Crippen molar-refractivity contribution >= 4 is 17.5 Å². The van der Waals surface area contributed by atoms with Gasteiger partial charge in [-0.2, -0.15) is 0 Å². The molecule has 5 heteroatoms. The van der Waals surface area contributed by atoms with Gasteiger partial charge in [-0.25, -0.2) is 0 Å². The SMILES string of the molecule is C#C[C@]1(O)CC[C@H]2[C@@H]3CCC4=CC(=O)CC[C@@H]4[C@H]3C(=C)C[C@@]21CC.CCCCCCCCCCC(=O)O[C@H]1CC[C@H]2[C@@H]3CCC4=CC(=O)CC[C@]4(C)[C@H]3CC[C@]12C. The Bertz CT molecular complexity index is 1640. The van der Waals surface area contributed by atoms with Crippen molar-refractivity contribution in [2.75, 3.05) is 0 Å². The van der Waals surface area contributed by atoms with Crippen LogP contribution in [0.2, 0.25) is 0 Å². The molecule has 5 nitrogen and oxygen atoms in total. The van der Waals surface area contributed by atoms with E-state index in [4.69, 9.17) is 11.2 Å². The molecule has 0 unspecified atom stereocenters. The molecule has 1 N–H and O–H groups in total. The second-order valence-electron chi connectivity index (χ2n) is 20.8. The Balaban J connectivity index is 0.000000183. The third-order valence-corrected chi connectivity index (χ3v) is 18.3. The molecule has 0 saturated heterocycles. The highest BCUT2D eigenvalue weighted by molar-refractivity contribution is 5.92. The molecule has 314 valence electrons. The highest BCUT2D eigenvalue weighted by Gasteiger charge is 2.64. The van der Waals surface area contributed by atoms with Crippen molar-refractivity contribution in [3.63, 3.8) is 0 Å². The lowest BCUT2D eigenvalue weighted by molar-refractivity contribution is -0.160. The van der Waals surface area contributed by atoms with E-state index in [1.54, 1.807) is 0 Å². The van der Waals surface area contributed by atoms with Gasteiger partial charge in [0.15, 0.2) is 11.6 Å². The quantitative estimate of drug-likeness (QED) is 0.0977. The van der Waals surface area contributed by atoms with Crippen molar-refractivity contribution in [2.24, 2.45) is 57.7 Å². The first kappa shape index (κ1) is 42.7. The summed E-state index contributed by atoms with van der Waals surface area (Å²) in [5.41, 5.74) is 3.29. The number of hydrogen-bond donors (Lipinski definition) is 1. The zero-order valence-electron chi connectivity index (χ0n) is 36.3. The summed E-state index contributed by atoms with van der Waals surface area (Å²) >= 11 is 0. The minimum atomic E-state index is -0.973. The number of esters is 1. The Morgan fingerprint density at radius 1 is 0.807 bits per heavy atom. The number of ether oxygens (including phenoxy) is 1. The number of hydrogen-bond acceptors (Lipinski definition) is 5. The molecule has 0 heterocycles. The molecular weight excluding hydrogens is 705 g/mol. The third kappa shape index (κ3) is 7.74. The lowest BCUT2D eigenvalue weighted by Crippen LogP contribution is -2.54. The number of rotatable bonds is 11. The largest absolute Gasteiger partial charge is 0.462 e. The Labute approximate surface area is 346 Å². The van der Waals surface area contributed by atoms with Gasteiger partial charge in [0.25, 0.3) is 0 Å². The lowest BCUT2D eigenvalue weighted by atomic mass is 9.47. The molecule has 0 aromatic rings. The van der Waals surface area contributed by atoms with E-state index in [0.29, 0.717) is 59.9 Å². The zero-order valence-corrected chi connectivity index (χ0v) is 36.3. The van der Waals surface area contributed by atoms with Crippen LogP contribution in [0.5, 0.6) is 0 Å². The van der Waals surface area contributed by atoms with Crippen molar-refractivity contribution in [3.05, 3.63) is 35.5 Å². The van der Waals surface area contributed by atoms with Crippen LogP contribution in [-0.2, 0) is 19.1 Å². The van der Waals surface area contributed by atoms with Gasteiger partial charge in [0.1, 0.15) is 11.7 Å². The predicted octanol–water partition coefficient (Wildman–Crippen LogP) is 12.0. The molecule has 0 aromatic carbocycles. The van der Waals surface area contributed by atoms with Crippen LogP contribution >= 0.6 is 0 Å². The molecule has 8 aliphatic rings. The van der Waals surface area contributed by atoms with Crippen molar-refractivity contribution in [3.8, 4) is 12.3 Å². The van der Waals surface area contributed by atoms with E-state index in [1.165, 1.54) is 80.9 Å². The summed E-state index contributed by atoms with van der Waals surface area (Å²) in [6, 6.07) is 0. The van der Waals surface area contributed by atoms with Crippen LogP contribution in [0.4, 0.5) is 0 Å². The first-order valence-corrected chi connectivity index (χ1v) is 23.9. The van der Waals surface area contributed by atoms with Crippen molar-refractivity contribution in [1.82, 2.24) is 0 Å². The van der Waals surface area contributed by atoms with Crippen molar-refractivity contribution in [1.29, 1.82) is 0 Å². The highest BCUT2D eigenvalue weighted by atomic mass is 16.5. The van der Waals surface area contributed by atoms with Gasteiger partial charge < -0.3 is 9.84 Å². The summed E-state index contributed by atoms with van der Waals surface area (Å²) in [4.78, 5) is 36.5. The van der Waals surface area contributed by atoms with Gasteiger partial charge in [-0.15, -0.1) is 6.42 Å². The van der Waals surface area contributed by atoms with Gasteiger partial charge in [0, 0.05) is 30.1 Å². The molecular formula is C52H76O5. The Kier molecular flexibility index (Phi) is 12.9. The third-order valence-electron chi connectivity index (χ3n) is 18.3. The van der Waals surface area contributed by atoms with Crippen LogP contribution in [0, 0.1) is 70.0 Å². The van der Waals surface area contributed by atoms with E-state index in [0.717, 1.165) is 89.4 Å². The lowest BCUT2D eigenvalue weighted by Gasteiger charge is -2.57. The fourth-order valence-corrected chi connectivity index (χ4v) is 15.2. The van der Waals surface area contributed by atoms with Gasteiger partial charge >= 0.3 is 5.97 Å². The van der Waals surface area contributed by atoms with Crippen molar-refractivity contribution < 1.29 is 24.2 Å². The number of carbonyl (C=O) groups excluding carboxylic acids is 3. The molecule has 57 heavy (non-hydrogen) atoms. The molecule has 6 fully saturated rings. The Morgan fingerprint density at radius 2 is 1.51 bits per heavy atom. The van der Waals surface area contributed by atoms with Gasteiger partial charge in [-0.05, 0) is 155 Å². The number of fused-ring (bicyclic) bond motifs is 10. The molecule has 6 saturated carbocycles. The van der Waals surface area contributed by atoms with Crippen LogP contribution in [0.1, 0.15) is 188 Å². The molecule has 0 bridgehead atoms. The fourth-order valence-electron chi connectivity index (χ4n) is 15.2. The molecule has 0 aromatic heterocycles. The van der Waals surface area contributed by atoms with E-state index in [1.807, 2.05) is 12.2 Å². The zero-order chi connectivity index (χ0) is 40.6. The van der Waals surface area contributed by atoms with Crippen LogP contribution in [0.25, 0.3) is 0 Å². The van der Waals surface area contributed by atoms with E-state index >= 15 is 0 Å². The molecule has 0 spiro atoms. The van der Waals surface area contributed by atoms with Crippen LogP contribution in [-0.4, -0.2) is 34.3 Å². The topological polar surface area (TPSA) is 80.7 Å².